The lowest BCUT2D eigenvalue weighted by atomic mass is 10.00. The number of carboxylic acids is 1. The number of rotatable bonds is 3. The third kappa shape index (κ3) is 3.17. The summed E-state index contributed by atoms with van der Waals surface area (Å²) in [5.74, 6) is -1.94. The van der Waals surface area contributed by atoms with Crippen LogP contribution in [-0.2, 0) is 16.1 Å². The molecular weight excluding hydrogens is 230 g/mol. The predicted molar refractivity (Wildman–Crippen MR) is 67.1 cm³/mol. The number of likely N-dealkylation sites (tertiary alicyclic amines) is 1. The minimum absolute atomic E-state index is 0.141. The topological polar surface area (TPSA) is 57.6 Å². The van der Waals surface area contributed by atoms with E-state index in [0.717, 1.165) is 6.54 Å². The molecule has 18 heavy (non-hydrogen) atoms. The number of carbonyl (C=O) groups is 2. The lowest BCUT2D eigenvalue weighted by Crippen LogP contribution is -2.25. The number of carbonyl (C=O) groups excluding carboxylic acids is 1. The zero-order valence-electron chi connectivity index (χ0n) is 10.2. The molecule has 1 aliphatic heterocycles. The summed E-state index contributed by atoms with van der Waals surface area (Å²) in [4.78, 5) is 24.7. The van der Waals surface area contributed by atoms with Crippen LogP contribution in [0.1, 0.15) is 18.4 Å². The van der Waals surface area contributed by atoms with Gasteiger partial charge in [0, 0.05) is 19.5 Å². The van der Waals surface area contributed by atoms with E-state index in [2.05, 4.69) is 4.90 Å². The van der Waals surface area contributed by atoms with E-state index < -0.39 is 11.9 Å². The maximum Gasteiger partial charge on any atom is 0.314 e. The number of Topliss-reactive ketones (excluding diaryl/α,β-unsaturated/α-hetero) is 1. The zero-order chi connectivity index (χ0) is 13.0. The molecule has 0 radical (unpaired) electrons. The number of nitrogens with zero attached hydrogens (tertiary/aromatic N) is 1. The number of carboxylic acid groups (broad SMARTS) is 1. The molecule has 0 bridgehead atoms. The average Bonchev–Trinajstić information content (AvgIpc) is 2.53. The summed E-state index contributed by atoms with van der Waals surface area (Å²) in [5.41, 5.74) is 1.19. The smallest absolute Gasteiger partial charge is 0.314 e. The van der Waals surface area contributed by atoms with Gasteiger partial charge < -0.3 is 5.11 Å². The van der Waals surface area contributed by atoms with E-state index in [4.69, 9.17) is 5.11 Å². The highest BCUT2D eigenvalue weighted by atomic mass is 16.4. The number of aliphatic carboxylic acids is 1. The molecule has 1 atom stereocenters. The first-order valence-corrected chi connectivity index (χ1v) is 6.18. The second kappa shape index (κ2) is 5.78. The summed E-state index contributed by atoms with van der Waals surface area (Å²) in [7, 11) is 0. The number of benzene rings is 1. The van der Waals surface area contributed by atoms with Crippen molar-refractivity contribution >= 4 is 11.8 Å². The van der Waals surface area contributed by atoms with Gasteiger partial charge in [-0.3, -0.25) is 14.5 Å². The third-order valence-electron chi connectivity index (χ3n) is 3.34. The molecule has 1 unspecified atom stereocenters. The van der Waals surface area contributed by atoms with Gasteiger partial charge in [-0.05, 0) is 18.5 Å². The molecule has 1 N–H and O–H groups in total. The van der Waals surface area contributed by atoms with Crippen LogP contribution >= 0.6 is 0 Å². The minimum Gasteiger partial charge on any atom is -0.481 e. The van der Waals surface area contributed by atoms with Gasteiger partial charge in [0.1, 0.15) is 11.7 Å². The Kier molecular flexibility index (Phi) is 4.10. The summed E-state index contributed by atoms with van der Waals surface area (Å²) in [6.07, 6.45) is 0.755. The molecule has 1 aliphatic rings. The molecule has 1 aromatic carbocycles. The highest BCUT2D eigenvalue weighted by molar-refractivity contribution is 5.98. The summed E-state index contributed by atoms with van der Waals surface area (Å²) in [6, 6.07) is 10.0. The summed E-state index contributed by atoms with van der Waals surface area (Å²) >= 11 is 0. The Balaban J connectivity index is 1.97. The molecular formula is C14H17NO3. The second-order valence-electron chi connectivity index (χ2n) is 4.66. The van der Waals surface area contributed by atoms with Gasteiger partial charge in [-0.1, -0.05) is 30.3 Å². The highest BCUT2D eigenvalue weighted by Crippen LogP contribution is 2.16. The van der Waals surface area contributed by atoms with Crippen LogP contribution in [0, 0.1) is 5.92 Å². The van der Waals surface area contributed by atoms with Gasteiger partial charge in [-0.15, -0.1) is 0 Å². The fourth-order valence-corrected chi connectivity index (χ4v) is 2.29. The van der Waals surface area contributed by atoms with E-state index in [-0.39, 0.29) is 5.78 Å². The minimum atomic E-state index is -0.985. The average molecular weight is 247 g/mol. The van der Waals surface area contributed by atoms with Crippen molar-refractivity contribution in [3.63, 3.8) is 0 Å². The predicted octanol–water partition coefficient (Wildman–Crippen LogP) is 1.55. The Morgan fingerprint density at radius 1 is 1.28 bits per heavy atom. The highest BCUT2D eigenvalue weighted by Gasteiger charge is 2.29. The van der Waals surface area contributed by atoms with Crippen molar-refractivity contribution in [2.45, 2.75) is 19.4 Å². The third-order valence-corrected chi connectivity index (χ3v) is 3.34. The fourth-order valence-electron chi connectivity index (χ4n) is 2.29. The van der Waals surface area contributed by atoms with Crippen molar-refractivity contribution in [2.75, 3.05) is 13.1 Å². The van der Waals surface area contributed by atoms with Crippen LogP contribution in [0.2, 0.25) is 0 Å². The standard InChI is InChI=1S/C14H17NO3/c16-13-7-9-15(8-6-12(13)14(17)18)10-11-4-2-1-3-5-11/h1-5,12H,6-10H2,(H,17,18). The molecule has 0 spiro atoms. The Morgan fingerprint density at radius 2 is 2.00 bits per heavy atom. The Hall–Kier alpha value is -1.68. The molecule has 0 saturated carbocycles. The van der Waals surface area contributed by atoms with Crippen LogP contribution in [0.15, 0.2) is 30.3 Å². The number of hydrogen-bond acceptors (Lipinski definition) is 3. The Bertz CT molecular complexity index is 430. The molecule has 2 rings (SSSR count). The largest absolute Gasteiger partial charge is 0.481 e. The van der Waals surface area contributed by atoms with Gasteiger partial charge in [0.2, 0.25) is 0 Å². The van der Waals surface area contributed by atoms with E-state index in [1.165, 1.54) is 5.56 Å². The molecule has 0 aromatic heterocycles. The van der Waals surface area contributed by atoms with Crippen LogP contribution in [-0.4, -0.2) is 34.8 Å². The maximum atomic E-state index is 11.6. The van der Waals surface area contributed by atoms with Gasteiger partial charge in [-0.2, -0.15) is 0 Å². The fraction of sp³-hybridized carbons (Fsp3) is 0.429. The van der Waals surface area contributed by atoms with Crippen LogP contribution in [0.3, 0.4) is 0 Å². The molecule has 4 nitrogen and oxygen atoms in total. The van der Waals surface area contributed by atoms with Crippen LogP contribution < -0.4 is 0 Å². The first-order chi connectivity index (χ1) is 8.66. The Morgan fingerprint density at radius 3 is 2.67 bits per heavy atom. The van der Waals surface area contributed by atoms with Crippen LogP contribution in [0.5, 0.6) is 0 Å². The van der Waals surface area contributed by atoms with E-state index in [1.54, 1.807) is 0 Å². The lowest BCUT2D eigenvalue weighted by molar-refractivity contribution is -0.146. The Labute approximate surface area is 106 Å². The van der Waals surface area contributed by atoms with Crippen LogP contribution in [0.4, 0.5) is 0 Å². The zero-order valence-corrected chi connectivity index (χ0v) is 10.2. The first-order valence-electron chi connectivity index (χ1n) is 6.18. The normalized spacial score (nSPS) is 21.6. The van der Waals surface area contributed by atoms with E-state index in [1.807, 2.05) is 30.3 Å². The van der Waals surface area contributed by atoms with Crippen molar-refractivity contribution in [3.8, 4) is 0 Å². The molecule has 96 valence electrons. The molecule has 0 aliphatic carbocycles. The monoisotopic (exact) mass is 247 g/mol. The number of ketones is 1. The van der Waals surface area contributed by atoms with Crippen molar-refractivity contribution in [1.29, 1.82) is 0 Å². The SMILES string of the molecule is O=C(O)C1CCN(Cc2ccccc2)CCC1=O. The van der Waals surface area contributed by atoms with Gasteiger partial charge in [0.15, 0.2) is 0 Å². The molecule has 4 heteroatoms. The van der Waals surface area contributed by atoms with Crippen molar-refractivity contribution in [1.82, 2.24) is 4.90 Å². The quantitative estimate of drug-likeness (QED) is 0.823. The van der Waals surface area contributed by atoms with Gasteiger partial charge in [0.25, 0.3) is 0 Å². The van der Waals surface area contributed by atoms with Crippen molar-refractivity contribution in [3.05, 3.63) is 35.9 Å². The molecule has 0 amide bonds. The second-order valence-corrected chi connectivity index (χ2v) is 4.66. The van der Waals surface area contributed by atoms with E-state index >= 15 is 0 Å². The van der Waals surface area contributed by atoms with Gasteiger partial charge >= 0.3 is 5.97 Å². The number of hydrogen-bond donors (Lipinski definition) is 1. The van der Waals surface area contributed by atoms with Gasteiger partial charge in [0.05, 0.1) is 0 Å². The van der Waals surface area contributed by atoms with Crippen LogP contribution in [0.25, 0.3) is 0 Å². The molecule has 1 saturated heterocycles. The molecule has 1 heterocycles. The van der Waals surface area contributed by atoms with E-state index in [9.17, 15) is 9.59 Å². The van der Waals surface area contributed by atoms with Crippen molar-refractivity contribution in [2.24, 2.45) is 5.92 Å². The maximum absolute atomic E-state index is 11.6. The lowest BCUT2D eigenvalue weighted by Gasteiger charge is -2.19. The summed E-state index contributed by atoms with van der Waals surface area (Å²) < 4.78 is 0. The van der Waals surface area contributed by atoms with Crippen molar-refractivity contribution < 1.29 is 14.7 Å². The van der Waals surface area contributed by atoms with E-state index in [0.29, 0.717) is 25.9 Å². The summed E-state index contributed by atoms with van der Waals surface area (Å²) in [5, 5.41) is 8.97. The first kappa shape index (κ1) is 12.8. The molecule has 1 aromatic rings. The van der Waals surface area contributed by atoms with Gasteiger partial charge in [-0.25, -0.2) is 0 Å². The molecule has 1 fully saturated rings. The summed E-state index contributed by atoms with van der Waals surface area (Å²) in [6.45, 7) is 2.09.